The van der Waals surface area contributed by atoms with Crippen molar-refractivity contribution >= 4 is 21.9 Å². The summed E-state index contributed by atoms with van der Waals surface area (Å²) in [6.07, 6.45) is 3.62. The van der Waals surface area contributed by atoms with Crippen LogP contribution >= 0.6 is 0 Å². The van der Waals surface area contributed by atoms with Crippen molar-refractivity contribution in [3.05, 3.63) is 60.2 Å². The number of fused-ring (bicyclic) bond motifs is 2. The molecule has 0 saturated carbocycles. The summed E-state index contributed by atoms with van der Waals surface area (Å²) in [6.45, 7) is 0. The Morgan fingerprint density at radius 3 is 2.95 bits per heavy atom. The molecule has 0 fully saturated rings. The van der Waals surface area contributed by atoms with Crippen LogP contribution in [-0.2, 0) is 0 Å². The number of rotatable bonds is 1. The first kappa shape index (κ1) is 11.7. The molecular formula is C16H11N3O2. The molecule has 0 saturated heterocycles. The predicted molar refractivity (Wildman–Crippen MR) is 78.7 cm³/mol. The first-order chi connectivity index (χ1) is 10.3. The van der Waals surface area contributed by atoms with Crippen molar-refractivity contribution in [2.75, 3.05) is 0 Å². The lowest BCUT2D eigenvalue weighted by atomic mass is 10.2. The van der Waals surface area contributed by atoms with E-state index in [2.05, 4.69) is 15.1 Å². The Morgan fingerprint density at radius 1 is 1.14 bits per heavy atom. The van der Waals surface area contributed by atoms with E-state index < -0.39 is 0 Å². The minimum absolute atomic E-state index is 0.461. The largest absolute Gasteiger partial charge is 0.454 e. The van der Waals surface area contributed by atoms with Crippen LogP contribution in [0.5, 0.6) is 0 Å². The summed E-state index contributed by atoms with van der Waals surface area (Å²) in [7, 11) is 0. The number of para-hydroxylation sites is 1. The molecule has 21 heavy (non-hydrogen) atoms. The smallest absolute Gasteiger partial charge is 0.155 e. The fourth-order valence-electron chi connectivity index (χ4n) is 2.41. The van der Waals surface area contributed by atoms with Gasteiger partial charge < -0.3 is 14.6 Å². The van der Waals surface area contributed by atoms with Crippen molar-refractivity contribution in [2.45, 2.75) is 0 Å². The van der Waals surface area contributed by atoms with Gasteiger partial charge in [-0.15, -0.1) is 0 Å². The second kappa shape index (κ2) is 4.49. The number of nitrogens with one attached hydrogen (secondary N) is 1. The molecule has 3 heterocycles. The van der Waals surface area contributed by atoms with Crippen LogP contribution in [0.15, 0.2) is 64.4 Å². The van der Waals surface area contributed by atoms with E-state index in [4.69, 9.17) is 4.42 Å². The Labute approximate surface area is 119 Å². The van der Waals surface area contributed by atoms with Gasteiger partial charge in [0.15, 0.2) is 5.76 Å². The Bertz CT molecular complexity index is 1010. The zero-order valence-corrected chi connectivity index (χ0v) is 10.9. The number of aromatic amines is 1. The molecule has 2 N–H and O–H groups in total. The second-order valence-corrected chi connectivity index (χ2v) is 4.73. The van der Waals surface area contributed by atoms with Gasteiger partial charge in [-0.2, -0.15) is 0 Å². The molecule has 4 rings (SSSR count). The summed E-state index contributed by atoms with van der Waals surface area (Å²) in [5.41, 5.74) is 2.31. The molecule has 5 heteroatoms. The molecule has 5 nitrogen and oxygen atoms in total. The van der Waals surface area contributed by atoms with Crippen molar-refractivity contribution in [3.63, 3.8) is 0 Å². The van der Waals surface area contributed by atoms with E-state index in [1.807, 2.05) is 42.6 Å². The first-order valence-electron chi connectivity index (χ1n) is 6.50. The Hall–Kier alpha value is -3.08. The van der Waals surface area contributed by atoms with Crippen LogP contribution < -0.4 is 5.36 Å². The monoisotopic (exact) mass is 277 g/mol. The fourth-order valence-corrected chi connectivity index (χ4v) is 2.41. The minimum Gasteiger partial charge on any atom is -0.454 e. The zero-order chi connectivity index (χ0) is 14.2. The van der Waals surface area contributed by atoms with Gasteiger partial charge in [0.05, 0.1) is 11.7 Å². The van der Waals surface area contributed by atoms with E-state index >= 15 is 0 Å². The molecule has 4 aromatic rings. The van der Waals surface area contributed by atoms with Crippen LogP contribution in [0.4, 0.5) is 0 Å². The maximum absolute atomic E-state index is 9.20. The normalized spacial score (nSPS) is 12.3. The van der Waals surface area contributed by atoms with Crippen molar-refractivity contribution in [3.8, 4) is 11.5 Å². The van der Waals surface area contributed by atoms with E-state index in [9.17, 15) is 5.21 Å². The molecule has 0 aliphatic carbocycles. The molecule has 0 unspecified atom stereocenters. The number of benzene rings is 1. The third-order valence-corrected chi connectivity index (χ3v) is 3.45. The van der Waals surface area contributed by atoms with Gasteiger partial charge in [-0.1, -0.05) is 17.3 Å². The maximum Gasteiger partial charge on any atom is 0.155 e. The van der Waals surface area contributed by atoms with Crippen LogP contribution in [0.1, 0.15) is 0 Å². The lowest BCUT2D eigenvalue weighted by Crippen LogP contribution is -2.03. The first-order valence-corrected chi connectivity index (χ1v) is 6.50. The molecular weight excluding hydrogens is 266 g/mol. The number of nitrogens with zero attached hydrogens (tertiary/aromatic N) is 2. The van der Waals surface area contributed by atoms with Gasteiger partial charge in [0.25, 0.3) is 0 Å². The van der Waals surface area contributed by atoms with Crippen LogP contribution in [0.2, 0.25) is 0 Å². The number of hydrogen-bond acceptors (Lipinski definition) is 4. The van der Waals surface area contributed by atoms with Gasteiger partial charge in [-0.25, -0.2) is 0 Å². The summed E-state index contributed by atoms with van der Waals surface area (Å²) in [5.74, 6) is 0.560. The van der Waals surface area contributed by atoms with E-state index in [1.54, 1.807) is 12.3 Å². The summed E-state index contributed by atoms with van der Waals surface area (Å²) in [5, 5.41) is 14.8. The molecule has 1 aromatic carbocycles. The number of aromatic nitrogens is 2. The maximum atomic E-state index is 9.20. The van der Waals surface area contributed by atoms with Crippen molar-refractivity contribution < 1.29 is 9.62 Å². The van der Waals surface area contributed by atoms with E-state index in [1.165, 1.54) is 0 Å². The molecule has 0 atom stereocenters. The van der Waals surface area contributed by atoms with Crippen LogP contribution in [0, 0.1) is 0 Å². The topological polar surface area (TPSA) is 74.4 Å². The summed E-state index contributed by atoms with van der Waals surface area (Å²) in [6, 6.07) is 13.0. The van der Waals surface area contributed by atoms with Gasteiger partial charge in [-0.05, 0) is 24.3 Å². The standard InChI is InChI=1S/C16H11N3O2/c20-19-12-8-16(21-15-4-2-1-3-11(12)15)13-7-10-5-6-17-14(10)9-18-13/h1-9,17,20H/b19-12+. The third-order valence-electron chi connectivity index (χ3n) is 3.45. The predicted octanol–water partition coefficient (Wildman–Crippen LogP) is 3.27. The SMILES string of the molecule is O/N=c1\cc(-c2cc3cc[nH]c3cn2)oc2ccccc12. The van der Waals surface area contributed by atoms with Gasteiger partial charge >= 0.3 is 0 Å². The van der Waals surface area contributed by atoms with E-state index in [-0.39, 0.29) is 0 Å². The Balaban J connectivity index is 2.01. The molecule has 0 radical (unpaired) electrons. The zero-order valence-electron chi connectivity index (χ0n) is 10.9. The van der Waals surface area contributed by atoms with Gasteiger partial charge in [0.1, 0.15) is 16.6 Å². The summed E-state index contributed by atoms with van der Waals surface area (Å²) >= 11 is 0. The molecule has 0 spiro atoms. The van der Waals surface area contributed by atoms with E-state index in [0.29, 0.717) is 22.4 Å². The second-order valence-electron chi connectivity index (χ2n) is 4.73. The fraction of sp³-hybridized carbons (Fsp3) is 0. The number of hydrogen-bond donors (Lipinski definition) is 2. The number of pyridine rings is 1. The van der Waals surface area contributed by atoms with Crippen molar-refractivity contribution in [1.29, 1.82) is 0 Å². The van der Waals surface area contributed by atoms with Crippen molar-refractivity contribution in [2.24, 2.45) is 5.16 Å². The highest BCUT2D eigenvalue weighted by Crippen LogP contribution is 2.23. The summed E-state index contributed by atoms with van der Waals surface area (Å²) in [4.78, 5) is 7.48. The quantitative estimate of drug-likeness (QED) is 0.414. The molecule has 0 aliphatic rings. The van der Waals surface area contributed by atoms with Gasteiger partial charge in [0, 0.05) is 23.0 Å². The Morgan fingerprint density at radius 2 is 2.05 bits per heavy atom. The highest BCUT2D eigenvalue weighted by molar-refractivity contribution is 5.83. The molecule has 0 bridgehead atoms. The highest BCUT2D eigenvalue weighted by atomic mass is 16.4. The minimum atomic E-state index is 0.461. The van der Waals surface area contributed by atoms with Crippen LogP contribution in [-0.4, -0.2) is 15.2 Å². The molecule has 0 aliphatic heterocycles. The number of H-pyrrole nitrogens is 1. The Kier molecular flexibility index (Phi) is 2.50. The molecule has 102 valence electrons. The van der Waals surface area contributed by atoms with Crippen molar-refractivity contribution in [1.82, 2.24) is 9.97 Å². The lowest BCUT2D eigenvalue weighted by Gasteiger charge is -2.03. The average molecular weight is 277 g/mol. The molecule has 3 aromatic heterocycles. The van der Waals surface area contributed by atoms with Gasteiger partial charge in [-0.3, -0.25) is 4.98 Å². The van der Waals surface area contributed by atoms with Crippen LogP contribution in [0.3, 0.4) is 0 Å². The molecule has 0 amide bonds. The van der Waals surface area contributed by atoms with Crippen LogP contribution in [0.25, 0.3) is 33.3 Å². The third kappa shape index (κ3) is 1.87. The average Bonchev–Trinajstić information content (AvgIpc) is 3.01. The summed E-state index contributed by atoms with van der Waals surface area (Å²) < 4.78 is 5.87. The highest BCUT2D eigenvalue weighted by Gasteiger charge is 2.08. The lowest BCUT2D eigenvalue weighted by molar-refractivity contribution is 0.302. The van der Waals surface area contributed by atoms with E-state index in [0.717, 1.165) is 16.3 Å². The van der Waals surface area contributed by atoms with Gasteiger partial charge in [0.2, 0.25) is 0 Å².